The lowest BCUT2D eigenvalue weighted by molar-refractivity contribution is 0.653. The normalized spacial score (nSPS) is 14.5. The molecule has 94 valence electrons. The second kappa shape index (κ2) is 4.40. The van der Waals surface area contributed by atoms with Crippen molar-refractivity contribution in [3.05, 3.63) is 29.6 Å². The molecule has 0 unspecified atom stereocenters. The van der Waals surface area contributed by atoms with Gasteiger partial charge in [0.25, 0.3) is 0 Å². The summed E-state index contributed by atoms with van der Waals surface area (Å²) >= 11 is 0. The quantitative estimate of drug-likeness (QED) is 0.871. The molecule has 0 radical (unpaired) electrons. The summed E-state index contributed by atoms with van der Waals surface area (Å²) in [5, 5.41) is 0. The third-order valence-corrected chi connectivity index (χ3v) is 3.37. The Morgan fingerprint density at radius 3 is 2.94 bits per heavy atom. The zero-order chi connectivity index (χ0) is 12.5. The molecule has 5 nitrogen and oxygen atoms in total. The van der Waals surface area contributed by atoms with E-state index in [1.54, 1.807) is 0 Å². The number of fused-ring (bicyclic) bond motifs is 1. The number of anilines is 1. The Bertz CT molecular complexity index is 573. The van der Waals surface area contributed by atoms with E-state index in [9.17, 15) is 0 Å². The Morgan fingerprint density at radius 2 is 2.11 bits per heavy atom. The number of aromatic nitrogens is 4. The van der Waals surface area contributed by atoms with Gasteiger partial charge in [0, 0.05) is 18.2 Å². The Hall–Kier alpha value is -1.91. The molecule has 0 amide bonds. The van der Waals surface area contributed by atoms with Gasteiger partial charge in [-0.15, -0.1) is 0 Å². The van der Waals surface area contributed by atoms with Crippen molar-refractivity contribution in [3.63, 3.8) is 0 Å². The van der Waals surface area contributed by atoms with Gasteiger partial charge in [-0.3, -0.25) is 4.57 Å². The highest BCUT2D eigenvalue weighted by atomic mass is 15.1. The van der Waals surface area contributed by atoms with Gasteiger partial charge in [0.05, 0.1) is 5.69 Å². The third kappa shape index (κ3) is 1.85. The van der Waals surface area contributed by atoms with E-state index in [-0.39, 0.29) is 0 Å². The van der Waals surface area contributed by atoms with E-state index < -0.39 is 0 Å². The number of nitrogens with zero attached hydrogens (tertiary/aromatic N) is 4. The minimum atomic E-state index is 0.523. The molecule has 0 bridgehead atoms. The van der Waals surface area contributed by atoms with Crippen molar-refractivity contribution >= 4 is 5.82 Å². The van der Waals surface area contributed by atoms with Crippen LogP contribution in [0.4, 0.5) is 5.82 Å². The summed E-state index contributed by atoms with van der Waals surface area (Å²) in [6.45, 7) is 2.03. The number of rotatable bonds is 2. The molecular weight excluding hydrogens is 226 g/mol. The molecule has 0 saturated carbocycles. The van der Waals surface area contributed by atoms with Crippen LogP contribution in [0.1, 0.15) is 37.0 Å². The largest absolute Gasteiger partial charge is 0.384 e. The van der Waals surface area contributed by atoms with Gasteiger partial charge in [0.15, 0.2) is 0 Å². The van der Waals surface area contributed by atoms with Gasteiger partial charge in [-0.2, -0.15) is 0 Å². The lowest BCUT2D eigenvalue weighted by Gasteiger charge is -2.14. The summed E-state index contributed by atoms with van der Waals surface area (Å²) in [4.78, 5) is 13.2. The Morgan fingerprint density at radius 1 is 1.28 bits per heavy atom. The van der Waals surface area contributed by atoms with Crippen molar-refractivity contribution in [2.75, 3.05) is 5.73 Å². The number of aryl methyl sites for hydroxylation is 2. The molecular formula is C13H17N5. The van der Waals surface area contributed by atoms with Crippen LogP contribution in [0.2, 0.25) is 0 Å². The Labute approximate surface area is 106 Å². The van der Waals surface area contributed by atoms with Crippen LogP contribution in [0.15, 0.2) is 12.4 Å². The summed E-state index contributed by atoms with van der Waals surface area (Å²) in [5.74, 6) is 2.15. The number of imidazole rings is 1. The third-order valence-electron chi connectivity index (χ3n) is 3.37. The first-order chi connectivity index (χ1) is 8.78. The van der Waals surface area contributed by atoms with E-state index in [2.05, 4.69) is 19.5 Å². The zero-order valence-electron chi connectivity index (χ0n) is 10.6. The highest BCUT2D eigenvalue weighted by molar-refractivity contribution is 5.39. The minimum absolute atomic E-state index is 0.523. The topological polar surface area (TPSA) is 69.6 Å². The van der Waals surface area contributed by atoms with Crippen LogP contribution in [0.25, 0.3) is 5.82 Å². The Kier molecular flexibility index (Phi) is 2.74. The monoisotopic (exact) mass is 243 g/mol. The van der Waals surface area contributed by atoms with Crippen LogP contribution < -0.4 is 5.73 Å². The highest BCUT2D eigenvalue weighted by Gasteiger charge is 2.17. The number of nitrogens with two attached hydrogens (primary N) is 1. The van der Waals surface area contributed by atoms with E-state index >= 15 is 0 Å². The average Bonchev–Trinajstić information content (AvgIpc) is 2.81. The first kappa shape index (κ1) is 11.2. The van der Waals surface area contributed by atoms with Crippen LogP contribution in [0, 0.1) is 0 Å². The van der Waals surface area contributed by atoms with E-state index in [0.717, 1.165) is 30.9 Å². The fourth-order valence-electron chi connectivity index (χ4n) is 2.45. The molecule has 1 aliphatic rings. The van der Waals surface area contributed by atoms with Crippen molar-refractivity contribution in [2.24, 2.45) is 0 Å². The lowest BCUT2D eigenvalue weighted by Crippen LogP contribution is -2.10. The van der Waals surface area contributed by atoms with Gasteiger partial charge >= 0.3 is 0 Å². The molecule has 2 aromatic rings. The standard InChI is InChI=1S/C13H17N5/c1-2-12-16-11(14)7-13(17-12)18-8-15-9-5-3-4-6-10(9)18/h7-8H,2-6H2,1H3,(H2,14,16,17). The molecule has 2 N–H and O–H groups in total. The van der Waals surface area contributed by atoms with Crippen molar-refractivity contribution in [2.45, 2.75) is 39.0 Å². The summed E-state index contributed by atoms with van der Waals surface area (Å²) in [6.07, 6.45) is 7.24. The molecule has 0 aliphatic heterocycles. The fourth-order valence-corrected chi connectivity index (χ4v) is 2.45. The SMILES string of the molecule is CCc1nc(N)cc(-n2cnc3c2CCCC3)n1. The van der Waals surface area contributed by atoms with Crippen molar-refractivity contribution < 1.29 is 0 Å². The molecule has 2 aromatic heterocycles. The Balaban J connectivity index is 2.09. The molecule has 0 atom stereocenters. The van der Waals surface area contributed by atoms with E-state index in [1.165, 1.54) is 24.2 Å². The minimum Gasteiger partial charge on any atom is -0.384 e. The fraction of sp³-hybridized carbons (Fsp3) is 0.462. The molecule has 0 fully saturated rings. The van der Waals surface area contributed by atoms with Crippen LogP contribution in [0.5, 0.6) is 0 Å². The lowest BCUT2D eigenvalue weighted by atomic mass is 10.0. The van der Waals surface area contributed by atoms with Crippen LogP contribution in [0.3, 0.4) is 0 Å². The molecule has 0 spiro atoms. The van der Waals surface area contributed by atoms with Crippen molar-refractivity contribution in [1.82, 2.24) is 19.5 Å². The van der Waals surface area contributed by atoms with Crippen LogP contribution >= 0.6 is 0 Å². The predicted molar refractivity (Wildman–Crippen MR) is 69.6 cm³/mol. The summed E-state index contributed by atoms with van der Waals surface area (Å²) in [5.41, 5.74) is 8.32. The van der Waals surface area contributed by atoms with Crippen molar-refractivity contribution in [1.29, 1.82) is 0 Å². The maximum absolute atomic E-state index is 5.83. The zero-order valence-corrected chi connectivity index (χ0v) is 10.6. The van der Waals surface area contributed by atoms with E-state index in [0.29, 0.717) is 5.82 Å². The van der Waals surface area contributed by atoms with Crippen LogP contribution in [-0.2, 0) is 19.3 Å². The maximum Gasteiger partial charge on any atom is 0.143 e. The van der Waals surface area contributed by atoms with Gasteiger partial charge in [-0.05, 0) is 25.7 Å². The van der Waals surface area contributed by atoms with Crippen LogP contribution in [-0.4, -0.2) is 19.5 Å². The van der Waals surface area contributed by atoms with Gasteiger partial charge in [-0.25, -0.2) is 15.0 Å². The second-order valence-corrected chi connectivity index (χ2v) is 4.64. The summed E-state index contributed by atoms with van der Waals surface area (Å²) in [6, 6.07) is 1.82. The highest BCUT2D eigenvalue weighted by Crippen LogP contribution is 2.22. The van der Waals surface area contributed by atoms with Crippen molar-refractivity contribution in [3.8, 4) is 5.82 Å². The molecule has 2 heterocycles. The molecule has 18 heavy (non-hydrogen) atoms. The second-order valence-electron chi connectivity index (χ2n) is 4.64. The first-order valence-electron chi connectivity index (χ1n) is 6.47. The van der Waals surface area contributed by atoms with Gasteiger partial charge in [-0.1, -0.05) is 6.92 Å². The van der Waals surface area contributed by atoms with Gasteiger partial charge in [0.2, 0.25) is 0 Å². The molecule has 3 rings (SSSR count). The average molecular weight is 243 g/mol. The first-order valence-corrected chi connectivity index (χ1v) is 6.47. The molecule has 5 heteroatoms. The predicted octanol–water partition coefficient (Wildman–Crippen LogP) is 1.69. The van der Waals surface area contributed by atoms with E-state index in [1.807, 2.05) is 19.3 Å². The molecule has 0 aromatic carbocycles. The molecule has 0 saturated heterocycles. The smallest absolute Gasteiger partial charge is 0.143 e. The van der Waals surface area contributed by atoms with Gasteiger partial charge in [0.1, 0.15) is 23.8 Å². The molecule has 1 aliphatic carbocycles. The number of hydrogen-bond donors (Lipinski definition) is 1. The summed E-state index contributed by atoms with van der Waals surface area (Å²) < 4.78 is 2.06. The number of nitrogen functional groups attached to an aromatic ring is 1. The van der Waals surface area contributed by atoms with E-state index in [4.69, 9.17) is 5.73 Å². The number of hydrogen-bond acceptors (Lipinski definition) is 4. The summed E-state index contributed by atoms with van der Waals surface area (Å²) in [7, 11) is 0. The van der Waals surface area contributed by atoms with Gasteiger partial charge < -0.3 is 5.73 Å². The maximum atomic E-state index is 5.83.